The predicted octanol–water partition coefficient (Wildman–Crippen LogP) is -2.63. The molecule has 1 rings (SSSR count). The second kappa shape index (κ2) is 15.6. The third-order valence-corrected chi connectivity index (χ3v) is 4.78. The zero-order chi connectivity index (χ0) is 23.9. The quantitative estimate of drug-likeness (QED) is 0.0961. The number of rotatable bonds is 16. The van der Waals surface area contributed by atoms with Gasteiger partial charge in [0.25, 0.3) is 0 Å². The maximum atomic E-state index is 12.0. The van der Waals surface area contributed by atoms with Crippen LogP contribution >= 0.6 is 0 Å². The van der Waals surface area contributed by atoms with Crippen LogP contribution in [0.1, 0.15) is 24.8 Å². The van der Waals surface area contributed by atoms with E-state index in [1.807, 2.05) is 30.3 Å². The molecule has 0 spiro atoms. The van der Waals surface area contributed by atoms with Gasteiger partial charge in [-0.2, -0.15) is 0 Å². The fourth-order valence-electron chi connectivity index (χ4n) is 2.75. The van der Waals surface area contributed by atoms with Gasteiger partial charge in [-0.05, 0) is 24.9 Å². The van der Waals surface area contributed by atoms with E-state index in [0.29, 0.717) is 25.8 Å². The number of nitrogens with one attached hydrogen (secondary N) is 2. The van der Waals surface area contributed by atoms with Crippen molar-refractivity contribution in [3.63, 3.8) is 0 Å². The lowest BCUT2D eigenvalue weighted by Gasteiger charge is -2.26. The number of nitrogens with two attached hydrogens (primary N) is 1. The van der Waals surface area contributed by atoms with Crippen molar-refractivity contribution in [1.82, 2.24) is 10.6 Å². The second-order valence-electron chi connectivity index (χ2n) is 7.47. The Labute approximate surface area is 187 Å². The van der Waals surface area contributed by atoms with Crippen LogP contribution in [0.2, 0.25) is 0 Å². The molecular weight excluding hydrogens is 422 g/mol. The Hall–Kier alpha value is -2.12. The summed E-state index contributed by atoms with van der Waals surface area (Å²) in [6.45, 7) is -0.319. The van der Waals surface area contributed by atoms with Crippen LogP contribution in [0.5, 0.6) is 0 Å². The minimum Gasteiger partial charge on any atom is -0.460 e. The largest absolute Gasteiger partial charge is 0.460 e. The molecule has 0 aliphatic rings. The number of aliphatic hydroxyl groups is 5. The number of benzene rings is 1. The summed E-state index contributed by atoms with van der Waals surface area (Å²) in [4.78, 5) is 23.7. The smallest absolute Gasteiger partial charge is 0.320 e. The number of unbranched alkanes of at least 4 members (excludes halogenated alkanes) is 1. The van der Waals surface area contributed by atoms with Crippen LogP contribution in [0.3, 0.4) is 0 Å². The Morgan fingerprint density at radius 2 is 1.66 bits per heavy atom. The molecule has 11 heteroatoms. The predicted molar refractivity (Wildman–Crippen MR) is 115 cm³/mol. The summed E-state index contributed by atoms with van der Waals surface area (Å²) in [5.41, 5.74) is 6.70. The Morgan fingerprint density at radius 3 is 2.31 bits per heavy atom. The maximum absolute atomic E-state index is 12.0. The van der Waals surface area contributed by atoms with E-state index in [9.17, 15) is 30.0 Å². The highest BCUT2D eigenvalue weighted by Crippen LogP contribution is 2.05. The molecule has 0 fully saturated rings. The maximum Gasteiger partial charge on any atom is 0.320 e. The zero-order valence-corrected chi connectivity index (χ0v) is 18.0. The molecule has 0 radical (unpaired) electrons. The van der Waals surface area contributed by atoms with Crippen molar-refractivity contribution in [2.45, 2.75) is 56.3 Å². The van der Waals surface area contributed by atoms with Gasteiger partial charge in [-0.3, -0.25) is 9.59 Å². The first kappa shape index (κ1) is 27.9. The van der Waals surface area contributed by atoms with Crippen LogP contribution in [0.15, 0.2) is 30.3 Å². The SMILES string of the molecule is NC(CCCCNCC(=O)OCc1ccccc1)C(=O)NCC(O)C(O)C(O)C(O)CO. The number of carbonyl (C=O) groups is 2. The van der Waals surface area contributed by atoms with Crippen LogP contribution in [0.25, 0.3) is 0 Å². The summed E-state index contributed by atoms with van der Waals surface area (Å²) in [5, 5.41) is 52.4. The number of hydrogen-bond acceptors (Lipinski definition) is 10. The lowest BCUT2D eigenvalue weighted by atomic mass is 10.0. The summed E-state index contributed by atoms with van der Waals surface area (Å²) < 4.78 is 5.15. The van der Waals surface area contributed by atoms with E-state index in [-0.39, 0.29) is 25.7 Å². The Bertz CT molecular complexity index is 664. The van der Waals surface area contributed by atoms with E-state index >= 15 is 0 Å². The molecule has 0 heterocycles. The standard InChI is InChI=1S/C21H35N3O8/c22-15(21(31)24-10-16(26)19(29)20(30)17(27)12-25)8-4-5-9-23-11-18(28)32-13-14-6-2-1-3-7-14/h1-3,6-7,15-17,19-20,23,25-27,29-30H,4-5,8-13,22H2,(H,24,31). The molecule has 5 atom stereocenters. The van der Waals surface area contributed by atoms with Crippen molar-refractivity contribution in [3.8, 4) is 0 Å². The first-order valence-corrected chi connectivity index (χ1v) is 10.5. The normalized spacial score (nSPS) is 15.9. The second-order valence-corrected chi connectivity index (χ2v) is 7.47. The van der Waals surface area contributed by atoms with Gasteiger partial charge in [0.1, 0.15) is 24.9 Å². The molecule has 0 saturated carbocycles. The molecule has 0 aliphatic carbocycles. The zero-order valence-electron chi connectivity index (χ0n) is 18.0. The third kappa shape index (κ3) is 11.0. The Balaban J connectivity index is 2.11. The van der Waals surface area contributed by atoms with Crippen LogP contribution < -0.4 is 16.4 Å². The summed E-state index contributed by atoms with van der Waals surface area (Å²) in [6.07, 6.45) is -5.00. The van der Waals surface area contributed by atoms with Crippen molar-refractivity contribution >= 4 is 11.9 Å². The van der Waals surface area contributed by atoms with E-state index in [1.54, 1.807) is 0 Å². The Morgan fingerprint density at radius 1 is 1.00 bits per heavy atom. The van der Waals surface area contributed by atoms with Gasteiger partial charge in [0, 0.05) is 6.54 Å². The molecule has 0 aromatic heterocycles. The van der Waals surface area contributed by atoms with Crippen molar-refractivity contribution < 1.29 is 39.9 Å². The van der Waals surface area contributed by atoms with Gasteiger partial charge in [-0.1, -0.05) is 36.8 Å². The molecule has 9 N–H and O–H groups in total. The molecule has 32 heavy (non-hydrogen) atoms. The molecule has 0 saturated heterocycles. The van der Waals surface area contributed by atoms with Gasteiger partial charge >= 0.3 is 5.97 Å². The van der Waals surface area contributed by atoms with E-state index in [2.05, 4.69) is 10.6 Å². The van der Waals surface area contributed by atoms with Crippen molar-refractivity contribution in [3.05, 3.63) is 35.9 Å². The van der Waals surface area contributed by atoms with E-state index < -0.39 is 43.0 Å². The first-order chi connectivity index (χ1) is 15.3. The van der Waals surface area contributed by atoms with Gasteiger partial charge in [0.15, 0.2) is 0 Å². The van der Waals surface area contributed by atoms with Gasteiger partial charge in [0.2, 0.25) is 5.91 Å². The molecule has 5 unspecified atom stereocenters. The first-order valence-electron chi connectivity index (χ1n) is 10.5. The highest BCUT2D eigenvalue weighted by Gasteiger charge is 2.30. The summed E-state index contributed by atoms with van der Waals surface area (Å²) >= 11 is 0. The van der Waals surface area contributed by atoms with Gasteiger partial charge in [-0.15, -0.1) is 0 Å². The molecule has 11 nitrogen and oxygen atoms in total. The minimum absolute atomic E-state index is 0.0798. The minimum atomic E-state index is -1.76. The number of aliphatic hydroxyl groups excluding tert-OH is 5. The van der Waals surface area contributed by atoms with Crippen LogP contribution in [0.4, 0.5) is 0 Å². The van der Waals surface area contributed by atoms with E-state index in [4.69, 9.17) is 15.6 Å². The average Bonchev–Trinajstić information content (AvgIpc) is 2.81. The topological polar surface area (TPSA) is 195 Å². The highest BCUT2D eigenvalue weighted by atomic mass is 16.5. The van der Waals surface area contributed by atoms with Crippen LogP contribution in [-0.2, 0) is 20.9 Å². The molecule has 1 amide bonds. The van der Waals surface area contributed by atoms with Gasteiger partial charge in [-0.25, -0.2) is 0 Å². The summed E-state index contributed by atoms with van der Waals surface area (Å²) in [7, 11) is 0. The molecular formula is C21H35N3O8. The number of esters is 1. The number of hydrogen-bond donors (Lipinski definition) is 8. The lowest BCUT2D eigenvalue weighted by molar-refractivity contribution is -0.143. The highest BCUT2D eigenvalue weighted by molar-refractivity contribution is 5.81. The monoisotopic (exact) mass is 457 g/mol. The number of carbonyl (C=O) groups excluding carboxylic acids is 2. The summed E-state index contributed by atoms with van der Waals surface area (Å²) in [6, 6.07) is 8.53. The van der Waals surface area contributed by atoms with Crippen molar-refractivity contribution in [2.24, 2.45) is 5.73 Å². The fourth-order valence-corrected chi connectivity index (χ4v) is 2.75. The molecule has 182 valence electrons. The molecule has 1 aromatic rings. The number of amides is 1. The van der Waals surface area contributed by atoms with E-state index in [1.165, 1.54) is 0 Å². The lowest BCUT2D eigenvalue weighted by Crippen LogP contribution is -2.51. The van der Waals surface area contributed by atoms with Crippen LogP contribution in [-0.4, -0.2) is 94.1 Å². The molecule has 1 aromatic carbocycles. The average molecular weight is 458 g/mol. The fraction of sp³-hybridized carbons (Fsp3) is 0.619. The summed E-state index contributed by atoms with van der Waals surface area (Å²) in [5.74, 6) is -0.895. The van der Waals surface area contributed by atoms with Crippen LogP contribution in [0, 0.1) is 0 Å². The van der Waals surface area contributed by atoms with Crippen molar-refractivity contribution in [2.75, 3.05) is 26.2 Å². The van der Waals surface area contributed by atoms with Gasteiger partial charge < -0.3 is 46.6 Å². The van der Waals surface area contributed by atoms with E-state index in [0.717, 1.165) is 5.56 Å². The van der Waals surface area contributed by atoms with Gasteiger partial charge in [0.05, 0.1) is 25.3 Å². The van der Waals surface area contributed by atoms with Crippen molar-refractivity contribution in [1.29, 1.82) is 0 Å². The number of ether oxygens (including phenoxy) is 1. The molecule has 0 bridgehead atoms. The third-order valence-electron chi connectivity index (χ3n) is 4.78. The molecule has 0 aliphatic heterocycles. The Kier molecular flexibility index (Phi) is 13.6.